The van der Waals surface area contributed by atoms with Gasteiger partial charge in [-0.05, 0) is 62.2 Å². The Morgan fingerprint density at radius 1 is 1.26 bits per heavy atom. The van der Waals surface area contributed by atoms with E-state index in [1.54, 1.807) is 0 Å². The lowest BCUT2D eigenvalue weighted by molar-refractivity contribution is 0.171. The maximum atomic E-state index is 5.37. The van der Waals surface area contributed by atoms with Gasteiger partial charge in [0.15, 0.2) is 0 Å². The average molecular weight is 259 g/mol. The summed E-state index contributed by atoms with van der Waals surface area (Å²) in [7, 11) is 1.81. The van der Waals surface area contributed by atoms with Gasteiger partial charge in [0.1, 0.15) is 0 Å². The van der Waals surface area contributed by atoms with E-state index in [9.17, 15) is 0 Å². The van der Waals surface area contributed by atoms with Gasteiger partial charge in [-0.15, -0.1) is 0 Å². The summed E-state index contributed by atoms with van der Waals surface area (Å²) in [4.78, 5) is 0. The maximum absolute atomic E-state index is 5.37. The van der Waals surface area contributed by atoms with Crippen LogP contribution in [0.2, 0.25) is 0 Å². The van der Waals surface area contributed by atoms with Crippen LogP contribution in [0.15, 0.2) is 24.3 Å². The summed E-state index contributed by atoms with van der Waals surface area (Å²) in [5.41, 5.74) is 3.31. The van der Waals surface area contributed by atoms with Crippen molar-refractivity contribution >= 4 is 0 Å². The Bertz CT molecular complexity index is 402. The zero-order valence-corrected chi connectivity index (χ0v) is 12.0. The molecule has 1 heterocycles. The molecular formula is C17H25NO. The third kappa shape index (κ3) is 3.01. The number of methoxy groups -OCH3 is 1. The van der Waals surface area contributed by atoms with Crippen molar-refractivity contribution in [2.24, 2.45) is 5.92 Å². The van der Waals surface area contributed by atoms with Crippen LogP contribution in [0.25, 0.3) is 0 Å². The molecule has 1 aliphatic carbocycles. The van der Waals surface area contributed by atoms with E-state index in [1.807, 2.05) is 7.11 Å². The van der Waals surface area contributed by atoms with Crippen molar-refractivity contribution in [3.63, 3.8) is 0 Å². The van der Waals surface area contributed by atoms with Crippen LogP contribution < -0.4 is 5.32 Å². The molecule has 2 heteroatoms. The number of ether oxygens (including phenoxy) is 1. The smallest absolute Gasteiger partial charge is 0.0559 e. The van der Waals surface area contributed by atoms with Gasteiger partial charge in [0.2, 0.25) is 0 Å². The highest BCUT2D eigenvalue weighted by Gasteiger charge is 2.44. The molecule has 104 valence electrons. The number of rotatable bonds is 5. The molecule has 19 heavy (non-hydrogen) atoms. The highest BCUT2D eigenvalue weighted by molar-refractivity contribution is 5.34. The second kappa shape index (κ2) is 5.64. The summed E-state index contributed by atoms with van der Waals surface area (Å²) < 4.78 is 5.37. The minimum atomic E-state index is 0.347. The van der Waals surface area contributed by atoms with E-state index in [0.29, 0.717) is 5.41 Å². The fourth-order valence-corrected chi connectivity index (χ4v) is 3.37. The van der Waals surface area contributed by atoms with Gasteiger partial charge in [-0.3, -0.25) is 0 Å². The molecule has 1 saturated carbocycles. The summed E-state index contributed by atoms with van der Waals surface area (Å²) >= 11 is 0. The van der Waals surface area contributed by atoms with Crippen LogP contribution in [0.1, 0.15) is 36.8 Å². The van der Waals surface area contributed by atoms with Gasteiger partial charge in [-0.25, -0.2) is 0 Å². The number of nitrogens with one attached hydrogen (secondary N) is 1. The van der Waals surface area contributed by atoms with Gasteiger partial charge >= 0.3 is 0 Å². The van der Waals surface area contributed by atoms with Crippen LogP contribution >= 0.6 is 0 Å². The number of hydrogen-bond donors (Lipinski definition) is 1. The van der Waals surface area contributed by atoms with E-state index >= 15 is 0 Å². The van der Waals surface area contributed by atoms with Crippen molar-refractivity contribution in [2.45, 2.75) is 37.5 Å². The SMILES string of the molecule is COCC1(c2ccc(CC3CCCNC3)cc2)CC1. The molecule has 2 nitrogen and oxygen atoms in total. The molecule has 1 aromatic carbocycles. The van der Waals surface area contributed by atoms with Crippen LogP contribution in [0.4, 0.5) is 0 Å². The Morgan fingerprint density at radius 3 is 2.63 bits per heavy atom. The lowest BCUT2D eigenvalue weighted by Gasteiger charge is -2.23. The van der Waals surface area contributed by atoms with Gasteiger partial charge in [0, 0.05) is 12.5 Å². The fraction of sp³-hybridized carbons (Fsp3) is 0.647. The third-order valence-corrected chi connectivity index (χ3v) is 4.76. The van der Waals surface area contributed by atoms with E-state index < -0.39 is 0 Å². The fourth-order valence-electron chi connectivity index (χ4n) is 3.37. The van der Waals surface area contributed by atoms with Gasteiger partial charge < -0.3 is 10.1 Å². The summed E-state index contributed by atoms with van der Waals surface area (Å²) in [5.74, 6) is 0.827. The van der Waals surface area contributed by atoms with Gasteiger partial charge in [0.05, 0.1) is 6.61 Å². The first kappa shape index (κ1) is 13.1. The van der Waals surface area contributed by atoms with Crippen molar-refractivity contribution < 1.29 is 4.74 Å². The predicted octanol–water partition coefficient (Wildman–Crippen LogP) is 2.91. The zero-order chi connectivity index (χ0) is 13.1. The van der Waals surface area contributed by atoms with Crippen LogP contribution in [0.5, 0.6) is 0 Å². The molecule has 1 aromatic rings. The highest BCUT2D eigenvalue weighted by Crippen LogP contribution is 2.48. The zero-order valence-electron chi connectivity index (χ0n) is 12.0. The van der Waals surface area contributed by atoms with Crippen molar-refractivity contribution in [2.75, 3.05) is 26.8 Å². The van der Waals surface area contributed by atoms with E-state index in [-0.39, 0.29) is 0 Å². The van der Waals surface area contributed by atoms with Crippen LogP contribution in [0, 0.1) is 5.92 Å². The summed E-state index contributed by atoms with van der Waals surface area (Å²) in [6.45, 7) is 3.27. The second-order valence-electron chi connectivity index (χ2n) is 6.33. The third-order valence-electron chi connectivity index (χ3n) is 4.76. The van der Waals surface area contributed by atoms with E-state index in [4.69, 9.17) is 4.74 Å². The molecule has 0 aromatic heterocycles. The number of benzene rings is 1. The van der Waals surface area contributed by atoms with Gasteiger partial charge in [-0.1, -0.05) is 24.3 Å². The molecule has 3 rings (SSSR count). The minimum Gasteiger partial charge on any atom is -0.384 e. The molecule has 2 aliphatic rings. The average Bonchev–Trinajstić information content (AvgIpc) is 3.22. The highest BCUT2D eigenvalue weighted by atomic mass is 16.5. The molecule has 1 unspecified atom stereocenters. The number of piperidine rings is 1. The predicted molar refractivity (Wildman–Crippen MR) is 78.5 cm³/mol. The lowest BCUT2D eigenvalue weighted by atomic mass is 9.90. The molecule has 0 spiro atoms. The van der Waals surface area contributed by atoms with E-state index in [2.05, 4.69) is 29.6 Å². The Hall–Kier alpha value is -0.860. The largest absolute Gasteiger partial charge is 0.384 e. The van der Waals surface area contributed by atoms with Crippen molar-refractivity contribution in [1.29, 1.82) is 0 Å². The first-order valence-corrected chi connectivity index (χ1v) is 7.61. The topological polar surface area (TPSA) is 21.3 Å². The quantitative estimate of drug-likeness (QED) is 0.878. The standard InChI is InChI=1S/C17H25NO/c1-19-13-17(8-9-17)16-6-4-14(5-7-16)11-15-3-2-10-18-12-15/h4-7,15,18H,2-3,8-13H2,1H3. The van der Waals surface area contributed by atoms with Crippen molar-refractivity contribution in [1.82, 2.24) is 5.32 Å². The second-order valence-corrected chi connectivity index (χ2v) is 6.33. The Labute approximate surface area is 116 Å². The van der Waals surface area contributed by atoms with Crippen LogP contribution in [-0.4, -0.2) is 26.8 Å². The van der Waals surface area contributed by atoms with E-state index in [0.717, 1.165) is 12.5 Å². The molecule has 0 radical (unpaired) electrons. The Balaban J connectivity index is 1.62. The van der Waals surface area contributed by atoms with E-state index in [1.165, 1.54) is 56.3 Å². The van der Waals surface area contributed by atoms with Crippen molar-refractivity contribution in [3.8, 4) is 0 Å². The Kier molecular flexibility index (Phi) is 3.90. The van der Waals surface area contributed by atoms with Crippen LogP contribution in [-0.2, 0) is 16.6 Å². The molecule has 1 aliphatic heterocycles. The van der Waals surface area contributed by atoms with Crippen LogP contribution in [0.3, 0.4) is 0 Å². The minimum absolute atomic E-state index is 0.347. The Morgan fingerprint density at radius 2 is 2.05 bits per heavy atom. The molecular weight excluding hydrogens is 234 g/mol. The first-order chi connectivity index (χ1) is 9.32. The summed E-state index contributed by atoms with van der Waals surface area (Å²) in [6.07, 6.45) is 6.51. The normalized spacial score (nSPS) is 25.2. The first-order valence-electron chi connectivity index (χ1n) is 7.61. The monoisotopic (exact) mass is 259 g/mol. The molecule has 0 bridgehead atoms. The molecule has 1 atom stereocenters. The van der Waals surface area contributed by atoms with Gasteiger partial charge in [0.25, 0.3) is 0 Å². The van der Waals surface area contributed by atoms with Gasteiger partial charge in [-0.2, -0.15) is 0 Å². The molecule has 1 saturated heterocycles. The van der Waals surface area contributed by atoms with Crippen molar-refractivity contribution in [3.05, 3.63) is 35.4 Å². The molecule has 1 N–H and O–H groups in total. The maximum Gasteiger partial charge on any atom is 0.0559 e. The lowest BCUT2D eigenvalue weighted by Crippen LogP contribution is -2.30. The molecule has 0 amide bonds. The molecule has 2 fully saturated rings. The number of hydrogen-bond acceptors (Lipinski definition) is 2. The summed E-state index contributed by atoms with van der Waals surface area (Å²) in [6, 6.07) is 9.33. The summed E-state index contributed by atoms with van der Waals surface area (Å²) in [5, 5.41) is 3.50.